The molecule has 0 amide bonds. The van der Waals surface area contributed by atoms with E-state index in [0.29, 0.717) is 22.1 Å². The average Bonchev–Trinajstić information content (AvgIpc) is 2.80. The van der Waals surface area contributed by atoms with Gasteiger partial charge >= 0.3 is 6.18 Å². The molecule has 0 bridgehead atoms. The van der Waals surface area contributed by atoms with E-state index in [9.17, 15) is 13.2 Å². The lowest BCUT2D eigenvalue weighted by atomic mass is 10.1. The highest BCUT2D eigenvalue weighted by Gasteiger charge is 2.30. The van der Waals surface area contributed by atoms with E-state index in [1.165, 1.54) is 6.07 Å². The Morgan fingerprint density at radius 2 is 1.90 bits per heavy atom. The summed E-state index contributed by atoms with van der Waals surface area (Å²) >= 11 is 5.85. The fourth-order valence-corrected chi connectivity index (χ4v) is 2.23. The molecule has 3 rings (SSSR count). The van der Waals surface area contributed by atoms with Gasteiger partial charge < -0.3 is 0 Å². The number of pyridine rings is 1. The van der Waals surface area contributed by atoms with Gasteiger partial charge in [-0.05, 0) is 17.7 Å². The molecule has 0 unspecified atom stereocenters. The summed E-state index contributed by atoms with van der Waals surface area (Å²) in [5.41, 5.74) is 0.412. The third-order valence-corrected chi connectivity index (χ3v) is 3.29. The topological polar surface area (TPSA) is 30.2 Å². The van der Waals surface area contributed by atoms with E-state index in [2.05, 4.69) is 10.2 Å². The van der Waals surface area contributed by atoms with Crippen molar-refractivity contribution in [2.75, 3.05) is 0 Å². The lowest BCUT2D eigenvalue weighted by molar-refractivity contribution is -0.137. The van der Waals surface area contributed by atoms with Crippen LogP contribution in [-0.4, -0.2) is 14.6 Å². The second kappa shape index (κ2) is 5.04. The highest BCUT2D eigenvalue weighted by molar-refractivity contribution is 6.30. The molecule has 0 spiro atoms. The van der Waals surface area contributed by atoms with E-state index in [1.54, 1.807) is 28.8 Å². The number of halogens is 4. The molecule has 0 aliphatic heterocycles. The van der Waals surface area contributed by atoms with Gasteiger partial charge in [-0.25, -0.2) is 0 Å². The normalized spacial score (nSPS) is 12.0. The van der Waals surface area contributed by atoms with Crippen molar-refractivity contribution in [3.63, 3.8) is 0 Å². The third kappa shape index (κ3) is 2.85. The summed E-state index contributed by atoms with van der Waals surface area (Å²) in [7, 11) is 0. The molecule has 3 nitrogen and oxygen atoms in total. The summed E-state index contributed by atoms with van der Waals surface area (Å²) in [5.74, 6) is 0.556. The minimum atomic E-state index is -4.35. The Bertz CT molecular complexity index is 796. The summed E-state index contributed by atoms with van der Waals surface area (Å²) in [6, 6.07) is 8.50. The molecule has 0 N–H and O–H groups in total. The number of nitrogens with zero attached hydrogens (tertiary/aromatic N) is 3. The van der Waals surface area contributed by atoms with Crippen LogP contribution in [0.1, 0.15) is 17.0 Å². The van der Waals surface area contributed by atoms with Crippen LogP contribution in [0.2, 0.25) is 5.02 Å². The molecule has 0 aliphatic carbocycles. The SMILES string of the molecule is FC(F)(F)c1cccc(Cc2nnc3cc(Cl)ccn23)c1. The fourth-order valence-electron chi connectivity index (χ4n) is 2.08. The van der Waals surface area contributed by atoms with Crippen LogP contribution in [0.3, 0.4) is 0 Å². The van der Waals surface area contributed by atoms with Gasteiger partial charge in [-0.15, -0.1) is 10.2 Å². The summed E-state index contributed by atoms with van der Waals surface area (Å²) < 4.78 is 39.8. The molecule has 2 heterocycles. The summed E-state index contributed by atoms with van der Waals surface area (Å²) in [6.07, 6.45) is -2.40. The second-order valence-electron chi connectivity index (χ2n) is 4.56. The van der Waals surface area contributed by atoms with Crippen molar-refractivity contribution in [3.8, 4) is 0 Å². The Labute approximate surface area is 123 Å². The summed E-state index contributed by atoms with van der Waals surface area (Å²) in [4.78, 5) is 0. The lowest BCUT2D eigenvalue weighted by Gasteiger charge is -2.08. The van der Waals surface area contributed by atoms with Gasteiger partial charge in [-0.1, -0.05) is 29.8 Å². The number of hydrogen-bond donors (Lipinski definition) is 0. The van der Waals surface area contributed by atoms with E-state index >= 15 is 0 Å². The Hall–Kier alpha value is -2.08. The maximum atomic E-state index is 12.7. The molecule has 21 heavy (non-hydrogen) atoms. The molecule has 0 aliphatic rings. The van der Waals surface area contributed by atoms with Gasteiger partial charge in [0.05, 0.1) is 5.56 Å². The molecular weight excluding hydrogens is 303 g/mol. The van der Waals surface area contributed by atoms with Crippen LogP contribution >= 0.6 is 11.6 Å². The highest BCUT2D eigenvalue weighted by Crippen LogP contribution is 2.29. The molecule has 0 saturated heterocycles. The first-order valence-corrected chi connectivity index (χ1v) is 6.46. The first-order valence-electron chi connectivity index (χ1n) is 6.09. The summed E-state index contributed by atoms with van der Waals surface area (Å²) in [6.45, 7) is 0. The van der Waals surface area contributed by atoms with Gasteiger partial charge in [0.2, 0.25) is 0 Å². The molecular formula is C14H9ClF3N3. The molecule has 3 aromatic rings. The van der Waals surface area contributed by atoms with Gasteiger partial charge in [-0.2, -0.15) is 13.2 Å². The van der Waals surface area contributed by atoms with Crippen molar-refractivity contribution in [1.82, 2.24) is 14.6 Å². The Kier molecular flexibility index (Phi) is 3.33. The van der Waals surface area contributed by atoms with Crippen LogP contribution < -0.4 is 0 Å². The largest absolute Gasteiger partial charge is 0.416 e. The van der Waals surface area contributed by atoms with Gasteiger partial charge in [0, 0.05) is 23.7 Å². The van der Waals surface area contributed by atoms with Crippen molar-refractivity contribution < 1.29 is 13.2 Å². The second-order valence-corrected chi connectivity index (χ2v) is 5.00. The standard InChI is InChI=1S/C14H9ClF3N3/c15-11-4-5-21-12(19-20-13(21)8-11)7-9-2-1-3-10(6-9)14(16,17)18/h1-6,8H,7H2. The third-order valence-electron chi connectivity index (χ3n) is 3.06. The van der Waals surface area contributed by atoms with Gasteiger partial charge in [-0.3, -0.25) is 4.40 Å². The average molecular weight is 312 g/mol. The maximum Gasteiger partial charge on any atom is 0.416 e. The predicted octanol–water partition coefficient (Wildman–Crippen LogP) is 3.99. The quantitative estimate of drug-likeness (QED) is 0.716. The van der Waals surface area contributed by atoms with Crippen molar-refractivity contribution in [2.24, 2.45) is 0 Å². The lowest BCUT2D eigenvalue weighted by Crippen LogP contribution is -2.06. The number of hydrogen-bond acceptors (Lipinski definition) is 2. The Balaban J connectivity index is 1.95. The monoisotopic (exact) mass is 311 g/mol. The zero-order valence-corrected chi connectivity index (χ0v) is 11.4. The minimum absolute atomic E-state index is 0.257. The van der Waals surface area contributed by atoms with Crippen LogP contribution in [0.4, 0.5) is 13.2 Å². The maximum absolute atomic E-state index is 12.7. The number of fused-ring (bicyclic) bond motifs is 1. The number of alkyl halides is 3. The first kappa shape index (κ1) is 13.9. The molecule has 0 fully saturated rings. The van der Waals surface area contributed by atoms with Crippen LogP contribution in [0.5, 0.6) is 0 Å². The van der Waals surface area contributed by atoms with Gasteiger partial charge in [0.1, 0.15) is 5.82 Å². The number of aromatic nitrogens is 3. The molecule has 108 valence electrons. The van der Waals surface area contributed by atoms with Crippen LogP contribution in [0.15, 0.2) is 42.6 Å². The molecule has 0 radical (unpaired) electrons. The van der Waals surface area contributed by atoms with Crippen LogP contribution in [0.25, 0.3) is 5.65 Å². The zero-order valence-electron chi connectivity index (χ0n) is 10.6. The van der Waals surface area contributed by atoms with E-state index < -0.39 is 11.7 Å². The van der Waals surface area contributed by atoms with E-state index in [-0.39, 0.29) is 6.42 Å². The van der Waals surface area contributed by atoms with Crippen LogP contribution in [-0.2, 0) is 12.6 Å². The number of benzene rings is 1. The number of rotatable bonds is 2. The van der Waals surface area contributed by atoms with E-state index in [4.69, 9.17) is 11.6 Å². The smallest absolute Gasteiger partial charge is 0.286 e. The Morgan fingerprint density at radius 3 is 2.67 bits per heavy atom. The molecule has 1 aromatic carbocycles. The van der Waals surface area contributed by atoms with Gasteiger partial charge in [0.15, 0.2) is 5.65 Å². The summed E-state index contributed by atoms with van der Waals surface area (Å²) in [5, 5.41) is 8.48. The minimum Gasteiger partial charge on any atom is -0.286 e. The van der Waals surface area contributed by atoms with Crippen molar-refractivity contribution >= 4 is 17.2 Å². The zero-order chi connectivity index (χ0) is 15.0. The van der Waals surface area contributed by atoms with Crippen LogP contribution in [0, 0.1) is 0 Å². The molecule has 0 saturated carbocycles. The van der Waals surface area contributed by atoms with Crippen molar-refractivity contribution in [1.29, 1.82) is 0 Å². The predicted molar refractivity (Wildman–Crippen MR) is 72.2 cm³/mol. The molecule has 0 atom stereocenters. The Morgan fingerprint density at radius 1 is 1.10 bits per heavy atom. The van der Waals surface area contributed by atoms with Crippen molar-refractivity contribution in [3.05, 3.63) is 64.6 Å². The van der Waals surface area contributed by atoms with E-state index in [0.717, 1.165) is 12.1 Å². The fraction of sp³-hybridized carbons (Fsp3) is 0.143. The first-order chi connectivity index (χ1) is 9.93. The highest BCUT2D eigenvalue weighted by atomic mass is 35.5. The van der Waals surface area contributed by atoms with E-state index in [1.807, 2.05) is 0 Å². The molecule has 2 aromatic heterocycles. The molecule has 7 heteroatoms. The van der Waals surface area contributed by atoms with Gasteiger partial charge in [0.25, 0.3) is 0 Å². The van der Waals surface area contributed by atoms with Crippen molar-refractivity contribution in [2.45, 2.75) is 12.6 Å².